The Balaban J connectivity index is 1.28. The van der Waals surface area contributed by atoms with E-state index >= 15 is 0 Å². The molecule has 0 saturated carbocycles. The minimum absolute atomic E-state index is 0.255. The molecule has 0 aliphatic heterocycles. The highest BCUT2D eigenvalue weighted by Crippen LogP contribution is 2.51. The Hall–Kier alpha value is -7.34. The molecule has 11 rings (SSSR count). The molecule has 63 heavy (non-hydrogen) atoms. The van der Waals surface area contributed by atoms with Crippen LogP contribution in [0.2, 0.25) is 0 Å². The fourth-order valence-electron chi connectivity index (χ4n) is 9.55. The minimum Gasteiger partial charge on any atom is -0.456 e. The molecule has 2 nitrogen and oxygen atoms in total. The number of terminal acetylenes is 1. The summed E-state index contributed by atoms with van der Waals surface area (Å²) in [6, 6.07) is 50.5. The van der Waals surface area contributed by atoms with E-state index in [2.05, 4.69) is 207 Å². The zero-order valence-electron chi connectivity index (χ0n) is 35.4. The summed E-state index contributed by atoms with van der Waals surface area (Å²) in [4.78, 5) is 4.59. The van der Waals surface area contributed by atoms with Crippen LogP contribution in [0.15, 0.2) is 168 Å². The summed E-state index contributed by atoms with van der Waals surface area (Å²) in [6.45, 7) is 8.66. The molecule has 10 aromatic rings. The van der Waals surface area contributed by atoms with Crippen LogP contribution in [-0.4, -0.2) is 0 Å². The number of hydrogen-bond acceptors (Lipinski definition) is 4. The maximum Gasteiger partial charge on any atom is 0.135 e. The van der Waals surface area contributed by atoms with E-state index in [9.17, 15) is 0 Å². The third-order valence-corrected chi connectivity index (χ3v) is 14.6. The number of benzene rings is 7. The number of allylic oxidation sites excluding steroid dienone is 2. The molecule has 0 amide bonds. The van der Waals surface area contributed by atoms with Crippen molar-refractivity contribution in [1.82, 2.24) is 0 Å². The summed E-state index contributed by atoms with van der Waals surface area (Å²) in [7, 11) is 0. The van der Waals surface area contributed by atoms with Gasteiger partial charge in [0, 0.05) is 42.1 Å². The molecule has 0 radical (unpaired) electrons. The van der Waals surface area contributed by atoms with Crippen LogP contribution in [0.5, 0.6) is 0 Å². The van der Waals surface area contributed by atoms with E-state index in [0.717, 1.165) is 86.7 Å². The van der Waals surface area contributed by atoms with Gasteiger partial charge in [0.05, 0.1) is 26.7 Å². The van der Waals surface area contributed by atoms with Crippen molar-refractivity contribution in [2.45, 2.75) is 33.6 Å². The number of nitrogens with zero attached hydrogens (tertiary/aromatic N) is 1. The van der Waals surface area contributed by atoms with Crippen molar-refractivity contribution in [2.24, 2.45) is 0 Å². The lowest BCUT2D eigenvalue weighted by Crippen LogP contribution is -2.20. The van der Waals surface area contributed by atoms with Crippen LogP contribution in [0.1, 0.15) is 65.8 Å². The van der Waals surface area contributed by atoms with Crippen molar-refractivity contribution < 1.29 is 4.42 Å². The SMILES string of the molecule is C#Cc1c(/C(=C\C)N(C2=C=C=Cc3c2sc2ccccc32)c2cc(-c3ccc4oc(/C=C\C)c(C(C)C)c4c3)c(-c3cccc4ccccc34)c3ccccc23)sc2ccccc12. The normalized spacial score (nSPS) is 12.7. The number of fused-ring (bicyclic) bond motifs is 7. The molecular weight excluding hydrogens is 803 g/mol. The summed E-state index contributed by atoms with van der Waals surface area (Å²) in [6.07, 6.45) is 14.9. The molecule has 7 aromatic carbocycles. The number of hydrogen-bond donors (Lipinski definition) is 0. The van der Waals surface area contributed by atoms with Crippen LogP contribution in [0.4, 0.5) is 5.69 Å². The Labute approximate surface area is 375 Å². The fourth-order valence-corrected chi connectivity index (χ4v) is 12.0. The van der Waals surface area contributed by atoms with Gasteiger partial charge in [-0.3, -0.25) is 0 Å². The maximum absolute atomic E-state index is 6.54. The van der Waals surface area contributed by atoms with Crippen molar-refractivity contribution in [3.63, 3.8) is 0 Å². The maximum atomic E-state index is 6.54. The van der Waals surface area contributed by atoms with Gasteiger partial charge in [0.25, 0.3) is 0 Å². The Morgan fingerprint density at radius 1 is 0.714 bits per heavy atom. The molecule has 300 valence electrons. The van der Waals surface area contributed by atoms with Crippen LogP contribution in [0.25, 0.3) is 98.5 Å². The zero-order chi connectivity index (χ0) is 42.8. The largest absolute Gasteiger partial charge is 0.456 e. The highest BCUT2D eigenvalue weighted by Gasteiger charge is 2.31. The summed E-state index contributed by atoms with van der Waals surface area (Å²) < 4.78 is 8.91. The molecule has 0 bridgehead atoms. The zero-order valence-corrected chi connectivity index (χ0v) is 37.0. The van der Waals surface area contributed by atoms with E-state index in [1.165, 1.54) is 37.5 Å². The minimum atomic E-state index is 0.255. The number of anilines is 1. The molecule has 3 heterocycles. The summed E-state index contributed by atoms with van der Waals surface area (Å²) in [5, 5.41) is 8.08. The Morgan fingerprint density at radius 3 is 2.17 bits per heavy atom. The van der Waals surface area contributed by atoms with Crippen molar-refractivity contribution in [1.29, 1.82) is 0 Å². The number of thiophene rings is 2. The first-order valence-corrected chi connectivity index (χ1v) is 23.0. The Bertz CT molecular complexity index is 3720. The van der Waals surface area contributed by atoms with Crippen LogP contribution in [0.3, 0.4) is 0 Å². The first-order valence-electron chi connectivity index (χ1n) is 21.4. The Morgan fingerprint density at radius 2 is 1.41 bits per heavy atom. The molecule has 1 aliphatic rings. The second-order valence-electron chi connectivity index (χ2n) is 16.2. The highest BCUT2D eigenvalue weighted by molar-refractivity contribution is 7.21. The number of rotatable bonds is 8. The monoisotopic (exact) mass is 843 g/mol. The van der Waals surface area contributed by atoms with Crippen molar-refractivity contribution in [3.8, 4) is 34.6 Å². The number of furan rings is 1. The van der Waals surface area contributed by atoms with Gasteiger partial charge in [-0.1, -0.05) is 147 Å². The lowest BCUT2D eigenvalue weighted by molar-refractivity contribution is 0.594. The van der Waals surface area contributed by atoms with E-state index in [-0.39, 0.29) is 5.92 Å². The van der Waals surface area contributed by atoms with Gasteiger partial charge in [-0.25, -0.2) is 0 Å². The van der Waals surface area contributed by atoms with E-state index in [1.54, 1.807) is 22.7 Å². The highest BCUT2D eigenvalue weighted by atomic mass is 32.1. The predicted octanol–water partition coefficient (Wildman–Crippen LogP) is 17.3. The quantitative estimate of drug-likeness (QED) is 0.112. The van der Waals surface area contributed by atoms with E-state index in [1.807, 2.05) is 6.92 Å². The summed E-state index contributed by atoms with van der Waals surface area (Å²) in [5.41, 5.74) is 18.8. The van der Waals surface area contributed by atoms with E-state index < -0.39 is 0 Å². The van der Waals surface area contributed by atoms with Crippen molar-refractivity contribution in [3.05, 3.63) is 195 Å². The standard InChI is InChI=1S/C59H41NOS2/c1-6-19-53-56(36(4)5)48-34-38(32-33-52(48)61-53)47-35-51(41-23-11-12-26-45(41)57(47)44-27-17-21-37-20-9-10-22-40(37)44)60(49(8-3)58-39(7-2)42-24-13-15-30-54(42)62-58)50-29-18-28-46-43-25-14-16-31-55(43)63-59(46)50/h2,6,8-17,19-28,30-36H,1,3-5H3/b19-6-,49-8+. The fraction of sp³-hybridized carbons (Fsp3) is 0.0847. The molecule has 0 fully saturated rings. The molecular formula is C59H41NOS2. The Kier molecular flexibility index (Phi) is 9.51. The van der Waals surface area contributed by atoms with Gasteiger partial charge in [-0.15, -0.1) is 29.1 Å². The van der Waals surface area contributed by atoms with Crippen LogP contribution in [-0.2, 0) is 0 Å². The lowest BCUT2D eigenvalue weighted by Gasteiger charge is -2.31. The van der Waals surface area contributed by atoms with Gasteiger partial charge in [0.15, 0.2) is 0 Å². The van der Waals surface area contributed by atoms with Crippen LogP contribution >= 0.6 is 22.7 Å². The van der Waals surface area contributed by atoms with Gasteiger partial charge in [-0.05, 0) is 106 Å². The molecule has 0 unspecified atom stereocenters. The summed E-state index contributed by atoms with van der Waals surface area (Å²) >= 11 is 3.54. The second kappa shape index (κ2) is 15.5. The lowest BCUT2D eigenvalue weighted by atomic mass is 9.85. The molecule has 0 spiro atoms. The molecule has 0 saturated heterocycles. The smallest absolute Gasteiger partial charge is 0.135 e. The third kappa shape index (κ3) is 6.18. The molecule has 0 N–H and O–H groups in total. The average molecular weight is 844 g/mol. The third-order valence-electron chi connectivity index (χ3n) is 12.3. The van der Waals surface area contributed by atoms with Gasteiger partial charge in [-0.2, -0.15) is 0 Å². The predicted molar refractivity (Wildman–Crippen MR) is 274 cm³/mol. The first kappa shape index (κ1) is 38.6. The average Bonchev–Trinajstić information content (AvgIpc) is 4.01. The van der Waals surface area contributed by atoms with Gasteiger partial charge >= 0.3 is 0 Å². The van der Waals surface area contributed by atoms with Crippen LogP contribution < -0.4 is 4.90 Å². The van der Waals surface area contributed by atoms with Crippen molar-refractivity contribution >= 4 is 105 Å². The second-order valence-corrected chi connectivity index (χ2v) is 18.3. The molecule has 3 aromatic heterocycles. The molecule has 4 heteroatoms. The van der Waals surface area contributed by atoms with Gasteiger partial charge in [0.1, 0.15) is 17.0 Å². The molecule has 1 aliphatic carbocycles. The van der Waals surface area contributed by atoms with Gasteiger partial charge < -0.3 is 9.32 Å². The van der Waals surface area contributed by atoms with Crippen LogP contribution in [0, 0.1) is 12.3 Å². The van der Waals surface area contributed by atoms with E-state index in [0.29, 0.717) is 0 Å². The summed E-state index contributed by atoms with van der Waals surface area (Å²) in [5.74, 6) is 4.29. The topological polar surface area (TPSA) is 16.4 Å². The molecule has 0 atom stereocenters. The van der Waals surface area contributed by atoms with E-state index in [4.69, 9.17) is 10.8 Å². The first-order chi connectivity index (χ1) is 31.0. The van der Waals surface area contributed by atoms with Gasteiger partial charge in [0.2, 0.25) is 0 Å². The van der Waals surface area contributed by atoms with Crippen molar-refractivity contribution in [2.75, 3.05) is 4.90 Å².